The van der Waals surface area contributed by atoms with Crippen molar-refractivity contribution in [1.82, 2.24) is 15.1 Å². The highest BCUT2D eigenvalue weighted by molar-refractivity contribution is 9.10. The van der Waals surface area contributed by atoms with E-state index >= 15 is 0 Å². The van der Waals surface area contributed by atoms with Crippen LogP contribution in [0.4, 0.5) is 0 Å². The van der Waals surface area contributed by atoms with Crippen LogP contribution in [0.3, 0.4) is 0 Å². The number of hydrogen-bond acceptors (Lipinski definition) is 2. The van der Waals surface area contributed by atoms with Gasteiger partial charge in [-0.2, -0.15) is 5.10 Å². The molecule has 1 aliphatic rings. The highest BCUT2D eigenvalue weighted by Gasteiger charge is 2.27. The maximum Gasteiger partial charge on any atom is 0.0767 e. The third-order valence-electron chi connectivity index (χ3n) is 3.61. The van der Waals surface area contributed by atoms with E-state index in [1.807, 2.05) is 0 Å². The first-order valence-electron chi connectivity index (χ1n) is 6.64. The fourth-order valence-electron chi connectivity index (χ4n) is 2.21. The summed E-state index contributed by atoms with van der Waals surface area (Å²) in [5.74, 6) is 0.900. The second-order valence-corrected chi connectivity index (χ2v) is 5.68. The van der Waals surface area contributed by atoms with Crippen molar-refractivity contribution >= 4 is 15.9 Å². The van der Waals surface area contributed by atoms with E-state index in [9.17, 15) is 0 Å². The monoisotopic (exact) mass is 299 g/mol. The summed E-state index contributed by atoms with van der Waals surface area (Å²) in [7, 11) is 0. The fourth-order valence-corrected chi connectivity index (χ4v) is 2.91. The molecule has 0 bridgehead atoms. The van der Waals surface area contributed by atoms with Gasteiger partial charge in [-0.3, -0.25) is 4.68 Å². The Hall–Kier alpha value is -0.350. The molecule has 3 nitrogen and oxygen atoms in total. The number of aryl methyl sites for hydroxylation is 2. The molecule has 0 aromatic carbocycles. The summed E-state index contributed by atoms with van der Waals surface area (Å²) < 4.78 is 3.30. The minimum Gasteiger partial charge on any atom is -0.308 e. The van der Waals surface area contributed by atoms with Crippen LogP contribution < -0.4 is 5.32 Å². The Morgan fingerprint density at radius 2 is 2.18 bits per heavy atom. The number of halogens is 1. The minimum absolute atomic E-state index is 0.632. The van der Waals surface area contributed by atoms with Crippen molar-refractivity contribution in [3.05, 3.63) is 15.9 Å². The maximum absolute atomic E-state index is 4.61. The van der Waals surface area contributed by atoms with Crippen LogP contribution in [0.25, 0.3) is 0 Å². The Balaban J connectivity index is 2.04. The van der Waals surface area contributed by atoms with Gasteiger partial charge in [0.1, 0.15) is 0 Å². The van der Waals surface area contributed by atoms with Crippen molar-refractivity contribution < 1.29 is 0 Å². The van der Waals surface area contributed by atoms with E-state index in [4.69, 9.17) is 0 Å². The zero-order valence-corrected chi connectivity index (χ0v) is 12.5. The Morgan fingerprint density at radius 3 is 2.71 bits per heavy atom. The molecule has 0 aliphatic heterocycles. The van der Waals surface area contributed by atoms with Crippen LogP contribution in [0.1, 0.15) is 45.0 Å². The smallest absolute Gasteiger partial charge is 0.0767 e. The molecule has 1 heterocycles. The van der Waals surface area contributed by atoms with Crippen LogP contribution in [0, 0.1) is 5.92 Å². The molecule has 0 amide bonds. The molecule has 0 spiro atoms. The van der Waals surface area contributed by atoms with E-state index in [0.29, 0.717) is 6.04 Å². The Kier molecular flexibility index (Phi) is 4.26. The normalized spacial score (nSPS) is 17.4. The molecule has 1 saturated carbocycles. The molecule has 1 N–H and O–H groups in total. The van der Waals surface area contributed by atoms with E-state index < -0.39 is 0 Å². The molecule has 1 unspecified atom stereocenters. The highest BCUT2D eigenvalue weighted by atomic mass is 79.9. The molecule has 96 valence electrons. The van der Waals surface area contributed by atoms with Gasteiger partial charge in [0.05, 0.1) is 15.9 Å². The van der Waals surface area contributed by atoms with E-state index in [1.165, 1.54) is 28.7 Å². The molecule has 1 aliphatic carbocycles. The van der Waals surface area contributed by atoms with Crippen LogP contribution in [0.15, 0.2) is 4.47 Å². The van der Waals surface area contributed by atoms with Crippen LogP contribution in [-0.4, -0.2) is 15.8 Å². The standard InChI is InChI=1S/C13H22BrN3/c1-4-11-13(14)12(17(5-2)16-11)8-15-9(3)10-6-7-10/h9-10,15H,4-8H2,1-3H3. The van der Waals surface area contributed by atoms with E-state index in [1.54, 1.807) is 0 Å². The first-order valence-corrected chi connectivity index (χ1v) is 7.44. The lowest BCUT2D eigenvalue weighted by Crippen LogP contribution is -2.28. The average molecular weight is 300 g/mol. The molecular weight excluding hydrogens is 278 g/mol. The molecule has 1 aromatic heterocycles. The largest absolute Gasteiger partial charge is 0.308 e. The van der Waals surface area contributed by atoms with Crippen molar-refractivity contribution in [3.63, 3.8) is 0 Å². The first kappa shape index (κ1) is 13.1. The fraction of sp³-hybridized carbons (Fsp3) is 0.769. The van der Waals surface area contributed by atoms with Crippen molar-refractivity contribution in [3.8, 4) is 0 Å². The predicted octanol–water partition coefficient (Wildman–Crippen LogP) is 3.12. The summed E-state index contributed by atoms with van der Waals surface area (Å²) in [5.41, 5.74) is 2.46. The second-order valence-electron chi connectivity index (χ2n) is 4.88. The molecule has 17 heavy (non-hydrogen) atoms. The number of nitrogens with zero attached hydrogens (tertiary/aromatic N) is 2. The lowest BCUT2D eigenvalue weighted by Gasteiger charge is -2.13. The zero-order valence-electron chi connectivity index (χ0n) is 11.0. The van der Waals surface area contributed by atoms with Crippen LogP contribution >= 0.6 is 15.9 Å². The summed E-state index contributed by atoms with van der Waals surface area (Å²) in [6.07, 6.45) is 3.77. The molecular formula is C13H22BrN3. The van der Waals surface area contributed by atoms with E-state index in [0.717, 1.165) is 25.4 Å². The predicted molar refractivity (Wildman–Crippen MR) is 74.0 cm³/mol. The van der Waals surface area contributed by atoms with Gasteiger partial charge in [-0.25, -0.2) is 0 Å². The topological polar surface area (TPSA) is 29.9 Å². The van der Waals surface area contributed by atoms with E-state index in [-0.39, 0.29) is 0 Å². The van der Waals surface area contributed by atoms with Gasteiger partial charge < -0.3 is 5.32 Å². The average Bonchev–Trinajstić information content (AvgIpc) is 3.12. The molecule has 1 aromatic rings. The Bertz CT molecular complexity index is 382. The third-order valence-corrected chi connectivity index (χ3v) is 4.53. The summed E-state index contributed by atoms with van der Waals surface area (Å²) in [4.78, 5) is 0. The second kappa shape index (κ2) is 5.53. The minimum atomic E-state index is 0.632. The molecule has 1 fully saturated rings. The van der Waals surface area contributed by atoms with Crippen LogP contribution in [0.5, 0.6) is 0 Å². The van der Waals surface area contributed by atoms with Crippen molar-refractivity contribution in [1.29, 1.82) is 0 Å². The SMILES string of the molecule is CCc1nn(CC)c(CNC(C)C2CC2)c1Br. The van der Waals surface area contributed by atoms with Gasteiger partial charge in [-0.15, -0.1) is 0 Å². The molecule has 4 heteroatoms. The first-order chi connectivity index (χ1) is 8.17. The maximum atomic E-state index is 4.61. The molecule has 0 saturated heterocycles. The Labute approximate surface area is 112 Å². The third kappa shape index (κ3) is 2.91. The van der Waals surface area contributed by atoms with Gasteiger partial charge in [-0.1, -0.05) is 6.92 Å². The number of nitrogens with one attached hydrogen (secondary N) is 1. The quantitative estimate of drug-likeness (QED) is 0.875. The number of aromatic nitrogens is 2. The highest BCUT2D eigenvalue weighted by Crippen LogP contribution is 2.32. The van der Waals surface area contributed by atoms with Crippen LogP contribution in [-0.2, 0) is 19.5 Å². The molecule has 0 radical (unpaired) electrons. The summed E-state index contributed by atoms with van der Waals surface area (Å²) >= 11 is 3.68. The van der Waals surface area contributed by atoms with E-state index in [2.05, 4.69) is 51.8 Å². The Morgan fingerprint density at radius 1 is 1.47 bits per heavy atom. The number of rotatable bonds is 6. The summed E-state index contributed by atoms with van der Waals surface area (Å²) in [6.45, 7) is 8.44. The lowest BCUT2D eigenvalue weighted by atomic mass is 10.2. The lowest BCUT2D eigenvalue weighted by molar-refractivity contribution is 0.476. The molecule has 1 atom stereocenters. The van der Waals surface area contributed by atoms with Crippen LogP contribution in [0.2, 0.25) is 0 Å². The summed E-state index contributed by atoms with van der Waals surface area (Å²) in [5, 5.41) is 8.24. The van der Waals surface area contributed by atoms with Crippen molar-refractivity contribution in [2.75, 3.05) is 0 Å². The number of hydrogen-bond donors (Lipinski definition) is 1. The summed E-state index contributed by atoms with van der Waals surface area (Å²) in [6, 6.07) is 0.632. The molecule has 2 rings (SSSR count). The van der Waals surface area contributed by atoms with Gasteiger partial charge in [0.25, 0.3) is 0 Å². The van der Waals surface area contributed by atoms with Crippen molar-refractivity contribution in [2.45, 2.75) is 59.2 Å². The van der Waals surface area contributed by atoms with Gasteiger partial charge >= 0.3 is 0 Å². The zero-order chi connectivity index (χ0) is 12.4. The van der Waals surface area contributed by atoms with Gasteiger partial charge in [0, 0.05) is 19.1 Å². The van der Waals surface area contributed by atoms with Gasteiger partial charge in [-0.05, 0) is 55.0 Å². The van der Waals surface area contributed by atoms with Gasteiger partial charge in [0.2, 0.25) is 0 Å². The van der Waals surface area contributed by atoms with Crippen molar-refractivity contribution in [2.24, 2.45) is 5.92 Å². The van der Waals surface area contributed by atoms with Gasteiger partial charge in [0.15, 0.2) is 0 Å².